The third-order valence-corrected chi connectivity index (χ3v) is 7.96. The lowest BCUT2D eigenvalue weighted by molar-refractivity contribution is -0.122. The summed E-state index contributed by atoms with van der Waals surface area (Å²) < 4.78 is 8.73. The number of benzene rings is 2. The van der Waals surface area contributed by atoms with Gasteiger partial charge in [-0.1, -0.05) is 35.3 Å². The highest BCUT2D eigenvalue weighted by atomic mass is 79.9. The van der Waals surface area contributed by atoms with Gasteiger partial charge in [-0.2, -0.15) is 0 Å². The number of carbonyl (C=O) groups is 3. The smallest absolute Gasteiger partial charge is 0.251 e. The number of pyridine rings is 1. The maximum absolute atomic E-state index is 12.9. The molecule has 0 bridgehead atoms. The van der Waals surface area contributed by atoms with Crippen LogP contribution in [0.15, 0.2) is 65.4 Å². The Morgan fingerprint density at radius 1 is 1.12 bits per heavy atom. The van der Waals surface area contributed by atoms with Crippen molar-refractivity contribution in [2.45, 2.75) is 13.5 Å². The summed E-state index contributed by atoms with van der Waals surface area (Å²) in [6, 6.07) is 13.6. The van der Waals surface area contributed by atoms with Crippen molar-refractivity contribution < 1.29 is 19.1 Å². The van der Waals surface area contributed by atoms with Gasteiger partial charge in [0.1, 0.15) is 11.2 Å². The van der Waals surface area contributed by atoms with Crippen LogP contribution in [0.25, 0.3) is 11.7 Å². The number of rotatable bonds is 9. The lowest BCUT2D eigenvalue weighted by Crippen LogP contribution is -2.37. The third kappa shape index (κ3) is 6.90. The SMILES string of the molecule is CNC(=O)c1ccc(C=CC(=O)NCC(=O)N(C)c2ccc(Cl)c(COc3cccn4c(Br)c(C)nc34)c2Cl)cc1. The number of nitrogens with zero attached hydrogens (tertiary/aromatic N) is 3. The van der Waals surface area contributed by atoms with Crippen LogP contribution in [0.4, 0.5) is 5.69 Å². The minimum absolute atomic E-state index is 0.0440. The molecule has 9 nitrogen and oxygen atoms in total. The van der Waals surface area contributed by atoms with E-state index >= 15 is 0 Å². The number of hydrogen-bond acceptors (Lipinski definition) is 5. The van der Waals surface area contributed by atoms with E-state index in [1.165, 1.54) is 11.0 Å². The van der Waals surface area contributed by atoms with Crippen molar-refractivity contribution in [1.82, 2.24) is 20.0 Å². The van der Waals surface area contributed by atoms with E-state index < -0.39 is 5.91 Å². The van der Waals surface area contributed by atoms with Crippen LogP contribution in [-0.4, -0.2) is 47.7 Å². The van der Waals surface area contributed by atoms with Crippen molar-refractivity contribution in [2.24, 2.45) is 0 Å². The van der Waals surface area contributed by atoms with E-state index in [1.54, 1.807) is 62.6 Å². The highest BCUT2D eigenvalue weighted by Crippen LogP contribution is 2.35. The largest absolute Gasteiger partial charge is 0.485 e. The van der Waals surface area contributed by atoms with Crippen LogP contribution in [-0.2, 0) is 16.2 Å². The van der Waals surface area contributed by atoms with Crippen LogP contribution < -0.4 is 20.3 Å². The van der Waals surface area contributed by atoms with E-state index in [1.807, 2.05) is 23.6 Å². The molecule has 0 spiro atoms. The zero-order valence-electron chi connectivity index (χ0n) is 22.4. The van der Waals surface area contributed by atoms with Crippen molar-refractivity contribution in [3.05, 3.63) is 97.8 Å². The summed E-state index contributed by atoms with van der Waals surface area (Å²) in [4.78, 5) is 42.7. The van der Waals surface area contributed by atoms with E-state index in [2.05, 4.69) is 31.5 Å². The van der Waals surface area contributed by atoms with E-state index in [9.17, 15) is 14.4 Å². The molecule has 0 fully saturated rings. The zero-order valence-corrected chi connectivity index (χ0v) is 25.5. The normalized spacial score (nSPS) is 11.1. The average Bonchev–Trinajstić information content (AvgIpc) is 3.27. The minimum atomic E-state index is -0.450. The molecule has 12 heteroatoms. The summed E-state index contributed by atoms with van der Waals surface area (Å²) in [6.07, 6.45) is 4.77. The molecule has 2 N–H and O–H groups in total. The van der Waals surface area contributed by atoms with Crippen LogP contribution in [0.5, 0.6) is 5.75 Å². The first-order chi connectivity index (χ1) is 19.6. The number of halogens is 3. The van der Waals surface area contributed by atoms with Gasteiger partial charge in [-0.05, 0) is 70.9 Å². The maximum Gasteiger partial charge on any atom is 0.251 e. The van der Waals surface area contributed by atoms with Gasteiger partial charge in [0.2, 0.25) is 11.8 Å². The fourth-order valence-corrected chi connectivity index (χ4v) is 4.88. The standard InChI is InChI=1S/C29H26BrCl2N5O4/c1-17-27(30)37-14-4-5-23(28(37)35-17)41-16-20-21(31)11-12-22(26(20)32)36(3)25(39)15-34-24(38)13-8-18-6-9-19(10-7-18)29(40)33-2/h4-14H,15-16H2,1-3H3,(H,33,40)(H,34,38). The predicted molar refractivity (Wildman–Crippen MR) is 164 cm³/mol. The van der Waals surface area contributed by atoms with Gasteiger partial charge >= 0.3 is 0 Å². The number of ether oxygens (including phenoxy) is 1. The molecule has 0 unspecified atom stereocenters. The second-order valence-corrected chi connectivity index (χ2v) is 10.4. The van der Waals surface area contributed by atoms with Crippen molar-refractivity contribution in [1.29, 1.82) is 0 Å². The molecule has 2 heterocycles. The number of imidazole rings is 1. The summed E-state index contributed by atoms with van der Waals surface area (Å²) in [5.74, 6) is -0.494. The molecule has 0 saturated heterocycles. The van der Waals surface area contributed by atoms with Crippen LogP contribution in [0.3, 0.4) is 0 Å². The molecule has 0 aliphatic rings. The van der Waals surface area contributed by atoms with Crippen LogP contribution in [0.2, 0.25) is 10.0 Å². The first-order valence-electron chi connectivity index (χ1n) is 12.4. The van der Waals surface area contributed by atoms with E-state index in [0.29, 0.717) is 33.2 Å². The fraction of sp³-hybridized carbons (Fsp3) is 0.172. The monoisotopic (exact) mass is 657 g/mol. The van der Waals surface area contributed by atoms with Crippen molar-refractivity contribution in [2.75, 3.05) is 25.5 Å². The molecule has 0 aliphatic carbocycles. The number of aryl methyl sites for hydroxylation is 1. The molecule has 0 radical (unpaired) electrons. The number of nitrogens with one attached hydrogen (secondary N) is 2. The van der Waals surface area contributed by atoms with Gasteiger partial charge in [0.05, 0.1) is 22.9 Å². The van der Waals surface area contributed by atoms with Gasteiger partial charge in [-0.3, -0.25) is 18.8 Å². The predicted octanol–water partition coefficient (Wildman–Crippen LogP) is 5.44. The molecule has 212 valence electrons. The number of carbonyl (C=O) groups excluding carboxylic acids is 3. The Labute approximate surface area is 255 Å². The van der Waals surface area contributed by atoms with E-state index in [4.69, 9.17) is 27.9 Å². The first-order valence-corrected chi connectivity index (χ1v) is 13.9. The summed E-state index contributed by atoms with van der Waals surface area (Å²) >= 11 is 16.6. The van der Waals surface area contributed by atoms with E-state index in [-0.39, 0.29) is 30.0 Å². The number of aromatic nitrogens is 2. The quantitative estimate of drug-likeness (QED) is 0.233. The van der Waals surface area contributed by atoms with Gasteiger partial charge in [0.15, 0.2) is 11.4 Å². The molecule has 4 aromatic rings. The minimum Gasteiger partial charge on any atom is -0.485 e. The molecule has 41 heavy (non-hydrogen) atoms. The Bertz CT molecular complexity index is 1650. The Hall–Kier alpha value is -3.86. The molecule has 0 saturated carbocycles. The molecule has 2 aromatic carbocycles. The summed E-state index contributed by atoms with van der Waals surface area (Å²) in [5, 5.41) is 5.76. The molecule has 2 aromatic heterocycles. The van der Waals surface area contributed by atoms with Crippen LogP contribution in [0, 0.1) is 6.92 Å². The second-order valence-electron chi connectivity index (χ2n) is 8.91. The lowest BCUT2D eigenvalue weighted by atomic mass is 10.1. The van der Waals surface area contributed by atoms with E-state index in [0.717, 1.165) is 15.9 Å². The number of hydrogen-bond donors (Lipinski definition) is 2. The van der Waals surface area contributed by atoms with Gasteiger partial charge in [0.25, 0.3) is 5.91 Å². The van der Waals surface area contributed by atoms with Crippen molar-refractivity contribution in [3.63, 3.8) is 0 Å². The Kier molecular flexibility index (Phi) is 9.69. The number of likely N-dealkylation sites (N-methyl/N-ethyl adjacent to an activating group) is 1. The fourth-order valence-electron chi connectivity index (χ4n) is 3.90. The number of fused-ring (bicyclic) bond motifs is 1. The van der Waals surface area contributed by atoms with Crippen molar-refractivity contribution >= 4 is 74.3 Å². The maximum atomic E-state index is 12.9. The second kappa shape index (κ2) is 13.2. The topological polar surface area (TPSA) is 105 Å². The van der Waals surface area contributed by atoms with Gasteiger partial charge in [-0.25, -0.2) is 4.98 Å². The lowest BCUT2D eigenvalue weighted by Gasteiger charge is -2.21. The molecular formula is C29H26BrCl2N5O4. The molecular weight excluding hydrogens is 633 g/mol. The highest BCUT2D eigenvalue weighted by Gasteiger charge is 2.20. The Morgan fingerprint density at radius 3 is 2.56 bits per heavy atom. The summed E-state index contributed by atoms with van der Waals surface area (Å²) in [7, 11) is 3.11. The molecule has 3 amide bonds. The zero-order chi connectivity index (χ0) is 29.7. The number of anilines is 1. The van der Waals surface area contributed by atoms with Gasteiger partial charge < -0.3 is 20.3 Å². The molecule has 0 aliphatic heterocycles. The first kappa shape index (κ1) is 30.1. The average molecular weight is 659 g/mol. The summed E-state index contributed by atoms with van der Waals surface area (Å²) in [6.45, 7) is 1.68. The van der Waals surface area contributed by atoms with Gasteiger partial charge in [-0.15, -0.1) is 0 Å². The van der Waals surface area contributed by atoms with Crippen LogP contribution >= 0.6 is 39.1 Å². The Balaban J connectivity index is 1.39. The van der Waals surface area contributed by atoms with Gasteiger partial charge in [0, 0.05) is 42.5 Å². The number of amides is 3. The molecule has 4 rings (SSSR count). The summed E-state index contributed by atoms with van der Waals surface area (Å²) in [5.41, 5.74) is 3.61. The third-order valence-electron chi connectivity index (χ3n) is 6.23. The van der Waals surface area contributed by atoms with Crippen LogP contribution in [0.1, 0.15) is 27.2 Å². The Morgan fingerprint density at radius 2 is 1.85 bits per heavy atom. The molecule has 0 atom stereocenters. The van der Waals surface area contributed by atoms with Crippen molar-refractivity contribution in [3.8, 4) is 5.75 Å². The highest BCUT2D eigenvalue weighted by molar-refractivity contribution is 9.10.